The summed E-state index contributed by atoms with van der Waals surface area (Å²) >= 11 is 0. The molecule has 0 unspecified atom stereocenters. The lowest BCUT2D eigenvalue weighted by molar-refractivity contribution is -0.134. The Bertz CT molecular complexity index is 1310. The molecule has 190 valence electrons. The monoisotopic (exact) mass is 495 g/mol. The number of esters is 1. The third-order valence-electron chi connectivity index (χ3n) is 6.63. The second-order valence-electron chi connectivity index (χ2n) is 9.48. The number of ether oxygens (including phenoxy) is 1. The van der Waals surface area contributed by atoms with Gasteiger partial charge in [0.05, 0.1) is 16.8 Å². The Morgan fingerprint density at radius 2 is 1.43 bits per heavy atom. The number of unbranched alkanes of at least 4 members (excludes halogenated alkanes) is 6. The molecule has 0 aromatic heterocycles. The van der Waals surface area contributed by atoms with Crippen LogP contribution in [-0.2, 0) is 4.79 Å². The van der Waals surface area contributed by atoms with Crippen molar-refractivity contribution in [3.05, 3.63) is 101 Å². The van der Waals surface area contributed by atoms with Crippen LogP contribution in [0.4, 0.5) is 11.4 Å². The van der Waals surface area contributed by atoms with Gasteiger partial charge in [0.1, 0.15) is 5.75 Å². The minimum Gasteiger partial charge on any atom is -0.426 e. The maximum absolute atomic E-state index is 13.6. The molecule has 1 N–H and O–H groups in total. The van der Waals surface area contributed by atoms with Gasteiger partial charge in [-0.3, -0.25) is 14.4 Å². The second-order valence-corrected chi connectivity index (χ2v) is 9.48. The van der Waals surface area contributed by atoms with Crippen LogP contribution < -0.4 is 10.1 Å². The number of fused-ring (bicyclic) bond motifs is 2. The van der Waals surface area contributed by atoms with Crippen molar-refractivity contribution in [2.24, 2.45) is 0 Å². The predicted octanol–water partition coefficient (Wildman–Crippen LogP) is 7.73. The average molecular weight is 496 g/mol. The van der Waals surface area contributed by atoms with E-state index < -0.39 is 5.97 Å². The van der Waals surface area contributed by atoms with Gasteiger partial charge in [0.15, 0.2) is 11.6 Å². The van der Waals surface area contributed by atoms with Crippen LogP contribution in [0.1, 0.15) is 88.8 Å². The van der Waals surface area contributed by atoms with E-state index in [2.05, 4.69) is 11.9 Å². The number of carbonyl (C=O) groups is 3. The van der Waals surface area contributed by atoms with Crippen molar-refractivity contribution in [1.29, 1.82) is 0 Å². The first-order valence-electron chi connectivity index (χ1n) is 13.0. The van der Waals surface area contributed by atoms with Crippen molar-refractivity contribution < 1.29 is 19.1 Å². The molecule has 1 aliphatic rings. The lowest BCUT2D eigenvalue weighted by atomic mass is 9.82. The first-order chi connectivity index (χ1) is 18.0. The highest BCUT2D eigenvalue weighted by Gasteiger charge is 2.35. The smallest absolute Gasteiger partial charge is 0.311 e. The summed E-state index contributed by atoms with van der Waals surface area (Å²) in [5.41, 5.74) is 3.45. The van der Waals surface area contributed by atoms with E-state index in [4.69, 9.17) is 4.74 Å². The quantitative estimate of drug-likeness (QED) is 0.0942. The number of rotatable bonds is 12. The molecular formula is C32H33NO4. The van der Waals surface area contributed by atoms with Gasteiger partial charge in [-0.1, -0.05) is 73.7 Å². The van der Waals surface area contributed by atoms with Crippen LogP contribution in [0, 0.1) is 6.92 Å². The summed E-state index contributed by atoms with van der Waals surface area (Å²) in [6.07, 6.45) is 9.47. The number of hydrogen-bond acceptors (Lipinski definition) is 5. The summed E-state index contributed by atoms with van der Waals surface area (Å²) in [5, 5.41) is 3.27. The summed E-state index contributed by atoms with van der Waals surface area (Å²) in [6.45, 7) is 5.74. The highest BCUT2D eigenvalue weighted by Crippen LogP contribution is 2.38. The largest absolute Gasteiger partial charge is 0.426 e. The molecule has 5 nitrogen and oxygen atoms in total. The maximum Gasteiger partial charge on any atom is 0.311 e. The summed E-state index contributed by atoms with van der Waals surface area (Å²) < 4.78 is 5.68. The lowest BCUT2D eigenvalue weighted by Gasteiger charge is -2.23. The summed E-state index contributed by atoms with van der Waals surface area (Å²) in [6, 6.07) is 17.8. The zero-order chi connectivity index (χ0) is 26.2. The minimum atomic E-state index is -0.396. The average Bonchev–Trinajstić information content (AvgIpc) is 2.90. The standard InChI is InChI=1S/C32H33NO4/c1-3-4-5-6-7-8-9-10-15-28(34)37-27-21-20-26(33-23-18-16-22(2)17-19-23)29-30(27)32(36)25-14-12-11-13-24(25)31(29)35/h3,11-14,16-21,33H,1,4-10,15H2,2H3. The van der Waals surface area contributed by atoms with Crippen LogP contribution in [0.5, 0.6) is 5.75 Å². The molecule has 0 fully saturated rings. The number of hydrogen-bond donors (Lipinski definition) is 1. The fraction of sp³-hybridized carbons (Fsp3) is 0.281. The SMILES string of the molecule is C=CCCCCCCCCC(=O)Oc1ccc(Nc2ccc(C)cc2)c2c1C(=O)c1ccccc1C2=O. The van der Waals surface area contributed by atoms with Crippen molar-refractivity contribution in [3.63, 3.8) is 0 Å². The van der Waals surface area contributed by atoms with Gasteiger partial charge >= 0.3 is 5.97 Å². The number of ketones is 2. The van der Waals surface area contributed by atoms with Gasteiger partial charge in [0, 0.05) is 23.2 Å². The van der Waals surface area contributed by atoms with Gasteiger partial charge in [-0.25, -0.2) is 0 Å². The Morgan fingerprint density at radius 1 is 0.811 bits per heavy atom. The van der Waals surface area contributed by atoms with Gasteiger partial charge in [-0.2, -0.15) is 0 Å². The summed E-state index contributed by atoms with van der Waals surface area (Å²) in [5.74, 6) is -0.854. The molecule has 37 heavy (non-hydrogen) atoms. The van der Waals surface area contributed by atoms with E-state index in [-0.39, 0.29) is 34.9 Å². The summed E-state index contributed by atoms with van der Waals surface area (Å²) in [4.78, 5) is 39.8. The molecule has 0 aliphatic heterocycles. The zero-order valence-electron chi connectivity index (χ0n) is 21.3. The Balaban J connectivity index is 1.53. The van der Waals surface area contributed by atoms with Gasteiger partial charge in [0.2, 0.25) is 0 Å². The highest BCUT2D eigenvalue weighted by atomic mass is 16.5. The van der Waals surface area contributed by atoms with E-state index in [1.54, 1.807) is 36.4 Å². The van der Waals surface area contributed by atoms with Crippen molar-refractivity contribution in [1.82, 2.24) is 0 Å². The van der Waals surface area contributed by atoms with E-state index in [1.807, 2.05) is 37.3 Å². The van der Waals surface area contributed by atoms with Crippen molar-refractivity contribution in [2.75, 3.05) is 5.32 Å². The first kappa shape index (κ1) is 26.1. The molecule has 1 aliphatic carbocycles. The number of nitrogens with one attached hydrogen (secondary N) is 1. The Hall–Kier alpha value is -3.99. The van der Waals surface area contributed by atoms with Crippen LogP contribution >= 0.6 is 0 Å². The molecule has 0 atom stereocenters. The number of carbonyl (C=O) groups excluding carboxylic acids is 3. The highest BCUT2D eigenvalue weighted by molar-refractivity contribution is 6.31. The topological polar surface area (TPSA) is 72.5 Å². The number of allylic oxidation sites excluding steroid dienone is 1. The van der Waals surface area contributed by atoms with Crippen LogP contribution in [0.15, 0.2) is 73.3 Å². The normalized spacial score (nSPS) is 12.0. The molecule has 0 saturated heterocycles. The van der Waals surface area contributed by atoms with E-state index >= 15 is 0 Å². The summed E-state index contributed by atoms with van der Waals surface area (Å²) in [7, 11) is 0. The lowest BCUT2D eigenvalue weighted by Crippen LogP contribution is -2.24. The van der Waals surface area contributed by atoms with Crippen molar-refractivity contribution >= 4 is 28.9 Å². The third-order valence-corrected chi connectivity index (χ3v) is 6.63. The van der Waals surface area contributed by atoms with Crippen LogP contribution in [0.25, 0.3) is 0 Å². The molecule has 0 heterocycles. The van der Waals surface area contributed by atoms with E-state index in [0.717, 1.165) is 49.8 Å². The fourth-order valence-electron chi connectivity index (χ4n) is 4.61. The maximum atomic E-state index is 13.6. The van der Waals surface area contributed by atoms with Crippen LogP contribution in [-0.4, -0.2) is 17.5 Å². The zero-order valence-corrected chi connectivity index (χ0v) is 21.3. The fourth-order valence-corrected chi connectivity index (χ4v) is 4.61. The Labute approximate surface area is 218 Å². The molecule has 0 amide bonds. The van der Waals surface area contributed by atoms with Gasteiger partial charge in [-0.15, -0.1) is 6.58 Å². The van der Waals surface area contributed by atoms with Gasteiger partial charge < -0.3 is 10.1 Å². The van der Waals surface area contributed by atoms with Gasteiger partial charge in [-0.05, 0) is 50.5 Å². The number of anilines is 2. The van der Waals surface area contributed by atoms with Crippen molar-refractivity contribution in [3.8, 4) is 5.75 Å². The third kappa shape index (κ3) is 6.23. The van der Waals surface area contributed by atoms with Gasteiger partial charge in [0.25, 0.3) is 0 Å². The Morgan fingerprint density at radius 3 is 2.11 bits per heavy atom. The number of benzene rings is 3. The molecule has 0 radical (unpaired) electrons. The Kier molecular flexibility index (Phi) is 8.68. The molecule has 0 spiro atoms. The second kappa shape index (κ2) is 12.3. The molecular weight excluding hydrogens is 462 g/mol. The van der Waals surface area contributed by atoms with Crippen LogP contribution in [0.3, 0.4) is 0 Å². The first-order valence-corrected chi connectivity index (χ1v) is 13.0. The molecule has 3 aromatic carbocycles. The molecule has 3 aromatic rings. The van der Waals surface area contributed by atoms with Crippen LogP contribution in [0.2, 0.25) is 0 Å². The number of aryl methyl sites for hydroxylation is 1. The molecule has 0 saturated carbocycles. The van der Waals surface area contributed by atoms with E-state index in [0.29, 0.717) is 16.8 Å². The van der Waals surface area contributed by atoms with Crippen molar-refractivity contribution in [2.45, 2.75) is 58.3 Å². The predicted molar refractivity (Wildman–Crippen MR) is 147 cm³/mol. The molecule has 5 heteroatoms. The molecule has 4 rings (SSSR count). The molecule has 0 bridgehead atoms. The minimum absolute atomic E-state index is 0.131. The van der Waals surface area contributed by atoms with E-state index in [1.165, 1.54) is 6.42 Å². The van der Waals surface area contributed by atoms with E-state index in [9.17, 15) is 14.4 Å².